The molecule has 2 aromatic heterocycles. The Morgan fingerprint density at radius 2 is 2.00 bits per heavy atom. The zero-order chi connectivity index (χ0) is 18.8. The minimum absolute atomic E-state index is 0.301. The van der Waals surface area contributed by atoms with Crippen molar-refractivity contribution < 1.29 is 19.7 Å². The van der Waals surface area contributed by atoms with Gasteiger partial charge in [-0.1, -0.05) is 36.4 Å². The molecule has 0 bridgehead atoms. The summed E-state index contributed by atoms with van der Waals surface area (Å²) in [5.74, 6) is 0. The van der Waals surface area contributed by atoms with E-state index in [9.17, 15) is 10.2 Å². The highest BCUT2D eigenvalue weighted by Crippen LogP contribution is 2.33. The predicted molar refractivity (Wildman–Crippen MR) is 98.5 cm³/mol. The number of aliphatic hydroxyl groups excluding tert-OH is 2. The average molecular weight is 368 g/mol. The first-order valence-electron chi connectivity index (χ1n) is 8.60. The molecule has 8 heteroatoms. The summed E-state index contributed by atoms with van der Waals surface area (Å²) in [7, 11) is 1.49. The van der Waals surface area contributed by atoms with Crippen LogP contribution in [0.5, 0.6) is 0 Å². The van der Waals surface area contributed by atoms with E-state index in [0.29, 0.717) is 16.9 Å². The molecule has 0 radical (unpaired) electrons. The van der Waals surface area contributed by atoms with E-state index in [1.54, 1.807) is 10.9 Å². The monoisotopic (exact) mass is 368 g/mol. The van der Waals surface area contributed by atoms with Crippen molar-refractivity contribution in [1.82, 2.24) is 19.5 Å². The maximum absolute atomic E-state index is 10.3. The van der Waals surface area contributed by atoms with Crippen molar-refractivity contribution in [3.8, 4) is 0 Å². The number of aliphatic hydroxyl groups is 2. The summed E-state index contributed by atoms with van der Waals surface area (Å²) in [4.78, 5) is 13.1. The van der Waals surface area contributed by atoms with Gasteiger partial charge in [0, 0.05) is 7.11 Å². The Hall–Kier alpha value is -2.65. The summed E-state index contributed by atoms with van der Waals surface area (Å²) in [6.45, 7) is -0.301. The molecule has 1 saturated heterocycles. The highest BCUT2D eigenvalue weighted by atomic mass is 16.6. The van der Waals surface area contributed by atoms with Gasteiger partial charge in [-0.05, 0) is 11.6 Å². The molecule has 1 aliphatic heterocycles. The van der Waals surface area contributed by atoms with Crippen molar-refractivity contribution in [3.05, 3.63) is 54.2 Å². The zero-order valence-corrected chi connectivity index (χ0v) is 14.7. The van der Waals surface area contributed by atoms with Crippen LogP contribution in [0.15, 0.2) is 43.0 Å². The Morgan fingerprint density at radius 3 is 2.74 bits per heavy atom. The fourth-order valence-corrected chi connectivity index (χ4v) is 3.27. The third-order valence-corrected chi connectivity index (χ3v) is 4.66. The minimum atomic E-state index is -0.943. The van der Waals surface area contributed by atoms with Crippen LogP contribution in [0.2, 0.25) is 0 Å². The number of fused-ring (bicyclic) bond motifs is 1. The number of hydrogen-bond acceptors (Lipinski definition) is 7. The standard InChI is InChI=1S/C19H20N4O4/c1-26-17-16(25)14(9-24)27-19(17)23-11-22-15-13(20-10-21-18(15)23)8-7-12-5-3-2-4-6-12/h2-8,10-11,14,16-17,19,24-25H,9H2,1H3/t14-,16+,17-,19-/m1/s1. The van der Waals surface area contributed by atoms with E-state index in [4.69, 9.17) is 9.47 Å². The first-order chi connectivity index (χ1) is 13.2. The second kappa shape index (κ2) is 7.53. The van der Waals surface area contributed by atoms with Crippen LogP contribution in [-0.4, -0.2) is 61.8 Å². The van der Waals surface area contributed by atoms with Gasteiger partial charge in [0.2, 0.25) is 0 Å². The maximum atomic E-state index is 10.3. The highest BCUT2D eigenvalue weighted by molar-refractivity contribution is 5.84. The number of rotatable bonds is 5. The van der Waals surface area contributed by atoms with Crippen LogP contribution in [0.25, 0.3) is 23.3 Å². The van der Waals surface area contributed by atoms with Gasteiger partial charge < -0.3 is 19.7 Å². The van der Waals surface area contributed by atoms with Crippen LogP contribution in [-0.2, 0) is 9.47 Å². The molecule has 8 nitrogen and oxygen atoms in total. The van der Waals surface area contributed by atoms with Crippen molar-refractivity contribution in [3.63, 3.8) is 0 Å². The maximum Gasteiger partial charge on any atom is 0.166 e. The number of hydrogen-bond donors (Lipinski definition) is 2. The van der Waals surface area contributed by atoms with Gasteiger partial charge in [-0.15, -0.1) is 0 Å². The summed E-state index contributed by atoms with van der Waals surface area (Å²) in [6, 6.07) is 9.90. The lowest BCUT2D eigenvalue weighted by molar-refractivity contribution is -0.0583. The predicted octanol–water partition coefficient (Wildman–Crippen LogP) is 1.26. The molecule has 0 amide bonds. The molecule has 27 heavy (non-hydrogen) atoms. The molecule has 0 saturated carbocycles. The smallest absolute Gasteiger partial charge is 0.166 e. The first-order valence-corrected chi connectivity index (χ1v) is 8.60. The summed E-state index contributed by atoms with van der Waals surface area (Å²) in [5.41, 5.74) is 2.91. The summed E-state index contributed by atoms with van der Waals surface area (Å²) in [6.07, 6.45) is 3.93. The molecule has 3 heterocycles. The SMILES string of the molecule is CO[C@@H]1[C@@H](O)[C@@H](CO)O[C@H]1n1cnc2c(C=Cc3ccccc3)ncnc21. The molecule has 3 aromatic rings. The van der Waals surface area contributed by atoms with Crippen molar-refractivity contribution in [2.45, 2.75) is 24.5 Å². The second-order valence-electron chi connectivity index (χ2n) is 6.27. The molecule has 4 rings (SSSR count). The molecule has 1 aromatic carbocycles. The van der Waals surface area contributed by atoms with E-state index >= 15 is 0 Å². The first kappa shape index (κ1) is 17.7. The van der Waals surface area contributed by atoms with Crippen LogP contribution in [0.4, 0.5) is 0 Å². The highest BCUT2D eigenvalue weighted by Gasteiger charge is 2.45. The molecule has 2 N–H and O–H groups in total. The van der Waals surface area contributed by atoms with Crippen LogP contribution >= 0.6 is 0 Å². The fourth-order valence-electron chi connectivity index (χ4n) is 3.27. The number of aromatic nitrogens is 4. The zero-order valence-electron chi connectivity index (χ0n) is 14.7. The normalized spacial score (nSPS) is 25.6. The minimum Gasteiger partial charge on any atom is -0.394 e. The van der Waals surface area contributed by atoms with Gasteiger partial charge in [-0.3, -0.25) is 4.57 Å². The van der Waals surface area contributed by atoms with E-state index in [1.807, 2.05) is 42.5 Å². The lowest BCUT2D eigenvalue weighted by atomic mass is 10.1. The Bertz CT molecular complexity index is 943. The number of imidazole rings is 1. The Labute approximate surface area is 155 Å². The fraction of sp³-hybridized carbons (Fsp3) is 0.316. The van der Waals surface area contributed by atoms with Crippen LogP contribution in [0.1, 0.15) is 17.5 Å². The Kier molecular flexibility index (Phi) is 4.95. The number of nitrogens with zero attached hydrogens (tertiary/aromatic N) is 4. The van der Waals surface area contributed by atoms with Crippen molar-refractivity contribution >= 4 is 23.3 Å². The van der Waals surface area contributed by atoms with Crippen molar-refractivity contribution in [1.29, 1.82) is 0 Å². The molecule has 1 fully saturated rings. The molecule has 4 atom stereocenters. The number of methoxy groups -OCH3 is 1. The summed E-state index contributed by atoms with van der Waals surface area (Å²) >= 11 is 0. The summed E-state index contributed by atoms with van der Waals surface area (Å²) in [5, 5.41) is 19.7. The van der Waals surface area contributed by atoms with Crippen molar-refractivity contribution in [2.75, 3.05) is 13.7 Å². The van der Waals surface area contributed by atoms with Gasteiger partial charge in [-0.2, -0.15) is 0 Å². The summed E-state index contributed by atoms with van der Waals surface area (Å²) < 4.78 is 12.9. The van der Waals surface area contributed by atoms with E-state index in [1.165, 1.54) is 13.4 Å². The quantitative estimate of drug-likeness (QED) is 0.699. The van der Waals surface area contributed by atoms with Gasteiger partial charge in [-0.25, -0.2) is 15.0 Å². The molecule has 140 valence electrons. The number of benzene rings is 1. The van der Waals surface area contributed by atoms with E-state index in [0.717, 1.165) is 5.56 Å². The van der Waals surface area contributed by atoms with Crippen LogP contribution in [0.3, 0.4) is 0 Å². The van der Waals surface area contributed by atoms with Gasteiger partial charge in [0.1, 0.15) is 30.2 Å². The van der Waals surface area contributed by atoms with Gasteiger partial charge in [0.15, 0.2) is 11.9 Å². The second-order valence-corrected chi connectivity index (χ2v) is 6.27. The molecular weight excluding hydrogens is 348 g/mol. The molecule has 0 spiro atoms. The average Bonchev–Trinajstić information content (AvgIpc) is 3.27. The van der Waals surface area contributed by atoms with Crippen LogP contribution in [0, 0.1) is 0 Å². The van der Waals surface area contributed by atoms with E-state index in [-0.39, 0.29) is 6.61 Å². The van der Waals surface area contributed by atoms with Gasteiger partial charge in [0.25, 0.3) is 0 Å². The van der Waals surface area contributed by atoms with Gasteiger partial charge in [0.05, 0.1) is 18.6 Å². The van der Waals surface area contributed by atoms with Crippen LogP contribution < -0.4 is 0 Å². The lowest BCUT2D eigenvalue weighted by Crippen LogP contribution is -2.34. The van der Waals surface area contributed by atoms with Crippen molar-refractivity contribution in [2.24, 2.45) is 0 Å². The third-order valence-electron chi connectivity index (χ3n) is 4.66. The van der Waals surface area contributed by atoms with E-state index < -0.39 is 24.5 Å². The molecule has 0 aliphatic carbocycles. The third kappa shape index (κ3) is 3.24. The Morgan fingerprint density at radius 1 is 1.19 bits per heavy atom. The molecular formula is C19H20N4O4. The number of ether oxygens (including phenoxy) is 2. The Balaban J connectivity index is 1.70. The van der Waals surface area contributed by atoms with Gasteiger partial charge >= 0.3 is 0 Å². The molecule has 1 aliphatic rings. The molecule has 0 unspecified atom stereocenters. The van der Waals surface area contributed by atoms with E-state index in [2.05, 4.69) is 15.0 Å². The topological polar surface area (TPSA) is 103 Å². The largest absolute Gasteiger partial charge is 0.394 e. The lowest BCUT2D eigenvalue weighted by Gasteiger charge is -2.19.